The predicted molar refractivity (Wildman–Crippen MR) is 78.6 cm³/mol. The zero-order valence-corrected chi connectivity index (χ0v) is 12.6. The van der Waals surface area contributed by atoms with Crippen LogP contribution in [0, 0.1) is 11.6 Å². The van der Waals surface area contributed by atoms with Gasteiger partial charge in [-0.2, -0.15) is 0 Å². The highest BCUT2D eigenvalue weighted by Gasteiger charge is 2.17. The van der Waals surface area contributed by atoms with Gasteiger partial charge >= 0.3 is 0 Å². The molecule has 5 heteroatoms. The van der Waals surface area contributed by atoms with Crippen molar-refractivity contribution in [3.63, 3.8) is 0 Å². The first-order chi connectivity index (χ1) is 9.61. The van der Waals surface area contributed by atoms with Crippen LogP contribution < -0.4 is 5.32 Å². The lowest BCUT2D eigenvalue weighted by atomic mass is 9.99. The lowest BCUT2D eigenvalue weighted by Gasteiger charge is -2.17. The largest absolute Gasteiger partial charge is 0.316 e. The molecule has 1 aromatic carbocycles. The van der Waals surface area contributed by atoms with Gasteiger partial charge in [-0.05, 0) is 59.6 Å². The van der Waals surface area contributed by atoms with Crippen molar-refractivity contribution in [2.24, 2.45) is 0 Å². The Morgan fingerprint density at radius 1 is 1.25 bits per heavy atom. The number of hydrogen-bond donors (Lipinski definition) is 1. The summed E-state index contributed by atoms with van der Waals surface area (Å²) in [6.07, 6.45) is 4.40. The van der Waals surface area contributed by atoms with Gasteiger partial charge in [-0.25, -0.2) is 8.78 Å². The summed E-state index contributed by atoms with van der Waals surface area (Å²) in [4.78, 5) is 4.04. The van der Waals surface area contributed by atoms with Crippen LogP contribution in [0.1, 0.15) is 11.1 Å². The third-order valence-electron chi connectivity index (χ3n) is 3.20. The molecule has 2 nitrogen and oxygen atoms in total. The smallest absolute Gasteiger partial charge is 0.143 e. The molecule has 0 saturated carbocycles. The van der Waals surface area contributed by atoms with E-state index >= 15 is 0 Å². The first kappa shape index (κ1) is 15.1. The number of hydrogen-bond acceptors (Lipinski definition) is 2. The Morgan fingerprint density at radius 3 is 2.70 bits per heavy atom. The molecule has 0 bridgehead atoms. The van der Waals surface area contributed by atoms with Crippen LogP contribution in [-0.2, 0) is 12.8 Å². The van der Waals surface area contributed by atoms with Crippen LogP contribution in [0.5, 0.6) is 0 Å². The van der Waals surface area contributed by atoms with Gasteiger partial charge in [0.1, 0.15) is 11.6 Å². The molecule has 0 saturated heterocycles. The summed E-state index contributed by atoms with van der Waals surface area (Å²) in [5.41, 5.74) is 1.13. The quantitative estimate of drug-likeness (QED) is 0.842. The van der Waals surface area contributed by atoms with Gasteiger partial charge in [0.25, 0.3) is 0 Å². The fourth-order valence-electron chi connectivity index (χ4n) is 2.08. The second kappa shape index (κ2) is 6.90. The lowest BCUT2D eigenvalue weighted by molar-refractivity contribution is 0.499. The highest BCUT2D eigenvalue weighted by atomic mass is 79.9. The minimum Gasteiger partial charge on any atom is -0.316 e. The van der Waals surface area contributed by atoms with Crippen molar-refractivity contribution in [1.29, 1.82) is 0 Å². The lowest BCUT2D eigenvalue weighted by Crippen LogP contribution is -2.30. The highest BCUT2D eigenvalue weighted by molar-refractivity contribution is 9.10. The summed E-state index contributed by atoms with van der Waals surface area (Å²) < 4.78 is 28.0. The van der Waals surface area contributed by atoms with Crippen molar-refractivity contribution >= 4 is 15.9 Å². The van der Waals surface area contributed by atoms with Crippen LogP contribution in [0.25, 0.3) is 0 Å². The number of nitrogens with zero attached hydrogens (tertiary/aromatic N) is 1. The van der Waals surface area contributed by atoms with E-state index in [1.807, 2.05) is 12.1 Å². The summed E-state index contributed by atoms with van der Waals surface area (Å²) in [7, 11) is 1.79. The van der Waals surface area contributed by atoms with Crippen molar-refractivity contribution in [3.05, 3.63) is 63.9 Å². The molecule has 0 fully saturated rings. The van der Waals surface area contributed by atoms with Gasteiger partial charge in [-0.15, -0.1) is 0 Å². The molecule has 1 unspecified atom stereocenters. The Morgan fingerprint density at radius 2 is 2.05 bits per heavy atom. The van der Waals surface area contributed by atoms with Gasteiger partial charge < -0.3 is 5.32 Å². The van der Waals surface area contributed by atoms with E-state index in [1.54, 1.807) is 19.4 Å². The zero-order chi connectivity index (χ0) is 14.5. The molecule has 2 aromatic rings. The van der Waals surface area contributed by atoms with Crippen LogP contribution in [0.2, 0.25) is 0 Å². The highest BCUT2D eigenvalue weighted by Crippen LogP contribution is 2.23. The first-order valence-electron chi connectivity index (χ1n) is 6.30. The number of likely N-dealkylation sites (N-methyl/N-ethyl adjacent to an activating group) is 1. The van der Waals surface area contributed by atoms with E-state index in [0.717, 1.165) is 5.56 Å². The molecule has 0 radical (unpaired) electrons. The fraction of sp³-hybridized carbons (Fsp3) is 0.267. The number of pyridine rings is 1. The summed E-state index contributed by atoms with van der Waals surface area (Å²) >= 11 is 3.09. The predicted octanol–water partition coefficient (Wildman–Crippen LogP) is 3.50. The number of nitrogens with one attached hydrogen (secondary N) is 1. The SMILES string of the molecule is CNC(Cc1cccnc1)Cc1c(F)ccc(Br)c1F. The first-order valence-corrected chi connectivity index (χ1v) is 7.09. The Bertz CT molecular complexity index is 576. The van der Waals surface area contributed by atoms with Crippen LogP contribution in [0.4, 0.5) is 8.78 Å². The maximum atomic E-state index is 14.0. The van der Waals surface area contributed by atoms with Gasteiger partial charge in [-0.1, -0.05) is 6.07 Å². The van der Waals surface area contributed by atoms with E-state index in [0.29, 0.717) is 6.42 Å². The third kappa shape index (κ3) is 3.61. The molecule has 0 spiro atoms. The number of rotatable bonds is 5. The summed E-state index contributed by atoms with van der Waals surface area (Å²) in [6.45, 7) is 0. The van der Waals surface area contributed by atoms with E-state index in [2.05, 4.69) is 26.2 Å². The summed E-state index contributed by atoms with van der Waals surface area (Å²) in [5.74, 6) is -1.05. The van der Waals surface area contributed by atoms with Crippen molar-refractivity contribution in [3.8, 4) is 0 Å². The average Bonchev–Trinajstić information content (AvgIpc) is 2.47. The Kier molecular flexibility index (Phi) is 5.20. The van der Waals surface area contributed by atoms with Gasteiger partial charge in [-0.3, -0.25) is 4.98 Å². The molecular weight excluding hydrogens is 326 g/mol. The van der Waals surface area contributed by atoms with Crippen LogP contribution >= 0.6 is 15.9 Å². The number of halogens is 3. The summed E-state index contributed by atoms with van der Waals surface area (Å²) in [5, 5.41) is 3.10. The monoisotopic (exact) mass is 340 g/mol. The maximum absolute atomic E-state index is 14.0. The normalized spacial score (nSPS) is 12.4. The molecule has 1 heterocycles. The van der Waals surface area contributed by atoms with E-state index in [1.165, 1.54) is 12.1 Å². The molecule has 0 aliphatic rings. The Balaban J connectivity index is 2.17. The maximum Gasteiger partial charge on any atom is 0.143 e. The molecule has 1 aromatic heterocycles. The molecule has 0 amide bonds. The van der Waals surface area contributed by atoms with Crippen molar-refractivity contribution in [1.82, 2.24) is 10.3 Å². The van der Waals surface area contributed by atoms with E-state index < -0.39 is 11.6 Å². The van der Waals surface area contributed by atoms with E-state index in [-0.39, 0.29) is 22.5 Å². The molecule has 20 heavy (non-hydrogen) atoms. The molecule has 0 aliphatic heterocycles. The van der Waals surface area contributed by atoms with Crippen LogP contribution in [0.15, 0.2) is 41.1 Å². The van der Waals surface area contributed by atoms with E-state index in [9.17, 15) is 8.78 Å². The van der Waals surface area contributed by atoms with Gasteiger partial charge in [0.15, 0.2) is 0 Å². The second-order valence-corrected chi connectivity index (χ2v) is 5.43. The minimum absolute atomic E-state index is 0.0579. The Hall–Kier alpha value is -1.33. The fourth-order valence-corrected chi connectivity index (χ4v) is 2.45. The molecule has 2 rings (SSSR count). The second-order valence-electron chi connectivity index (χ2n) is 4.58. The average molecular weight is 341 g/mol. The summed E-state index contributed by atoms with van der Waals surface area (Å²) in [6, 6.07) is 6.40. The zero-order valence-electron chi connectivity index (χ0n) is 11.0. The molecule has 1 N–H and O–H groups in total. The van der Waals surface area contributed by atoms with Crippen LogP contribution in [0.3, 0.4) is 0 Å². The van der Waals surface area contributed by atoms with Gasteiger partial charge in [0.05, 0.1) is 4.47 Å². The van der Waals surface area contributed by atoms with E-state index in [4.69, 9.17) is 0 Å². The molecule has 0 aliphatic carbocycles. The Labute approximate surface area is 125 Å². The van der Waals surface area contributed by atoms with Crippen LogP contribution in [-0.4, -0.2) is 18.1 Å². The van der Waals surface area contributed by atoms with Crippen molar-refractivity contribution < 1.29 is 8.78 Å². The van der Waals surface area contributed by atoms with Gasteiger partial charge in [0.2, 0.25) is 0 Å². The molecule has 106 valence electrons. The molecular formula is C15H15BrF2N2. The topological polar surface area (TPSA) is 24.9 Å². The molecule has 1 atom stereocenters. The standard InChI is InChI=1S/C15H15BrF2N2/c1-19-11(7-10-3-2-6-20-9-10)8-12-14(17)5-4-13(16)15(12)18/h2-6,9,11,19H,7-8H2,1H3. The number of benzene rings is 1. The van der Waals surface area contributed by atoms with Crippen molar-refractivity contribution in [2.75, 3.05) is 7.05 Å². The third-order valence-corrected chi connectivity index (χ3v) is 3.82. The number of aromatic nitrogens is 1. The van der Waals surface area contributed by atoms with Gasteiger partial charge in [0, 0.05) is 24.0 Å². The minimum atomic E-state index is -0.531. The van der Waals surface area contributed by atoms with Crippen molar-refractivity contribution in [2.45, 2.75) is 18.9 Å².